The van der Waals surface area contributed by atoms with Gasteiger partial charge in [-0.1, -0.05) is 0 Å². The number of benzene rings is 2. The van der Waals surface area contributed by atoms with Gasteiger partial charge in [0.25, 0.3) is 5.91 Å². The molecule has 2 heterocycles. The van der Waals surface area contributed by atoms with Gasteiger partial charge in [0.05, 0.1) is 5.56 Å². The lowest BCUT2D eigenvalue weighted by Gasteiger charge is -2.14. The molecule has 2 aliphatic heterocycles. The summed E-state index contributed by atoms with van der Waals surface area (Å²) in [5.41, 5.74) is 0.794. The molecule has 1 amide bonds. The fourth-order valence-electron chi connectivity index (χ4n) is 2.52. The predicted octanol–water partition coefficient (Wildman–Crippen LogP) is 2.33. The molecule has 0 fully saturated rings. The largest absolute Gasteiger partial charge is 0.454 e. The van der Waals surface area contributed by atoms with E-state index in [1.807, 2.05) is 0 Å². The molecule has 2 aromatic carbocycles. The standard InChI is InChI=1S/C18H15NO7/c1-10(17(20)19-12-3-5-14-16(7-12)25-9-23-14)26-18(21)11-2-4-13-15(6-11)24-8-22-13/h2-7,10H,8-9H2,1H3,(H,19,20)/t10-/m1/s1. The van der Waals surface area contributed by atoms with Crippen molar-refractivity contribution in [2.75, 3.05) is 18.9 Å². The van der Waals surface area contributed by atoms with Gasteiger partial charge in [-0.2, -0.15) is 0 Å². The Labute approximate surface area is 148 Å². The molecule has 0 radical (unpaired) electrons. The lowest BCUT2D eigenvalue weighted by molar-refractivity contribution is -0.123. The normalized spacial score (nSPS) is 14.7. The number of hydrogen-bond donors (Lipinski definition) is 1. The Morgan fingerprint density at radius 3 is 2.27 bits per heavy atom. The van der Waals surface area contributed by atoms with E-state index in [0.29, 0.717) is 28.7 Å². The van der Waals surface area contributed by atoms with Crippen LogP contribution in [0.25, 0.3) is 0 Å². The molecule has 0 bridgehead atoms. The van der Waals surface area contributed by atoms with Gasteiger partial charge in [0.2, 0.25) is 13.6 Å². The van der Waals surface area contributed by atoms with E-state index in [4.69, 9.17) is 23.7 Å². The van der Waals surface area contributed by atoms with Crippen molar-refractivity contribution in [2.45, 2.75) is 13.0 Å². The lowest BCUT2D eigenvalue weighted by atomic mass is 10.2. The number of esters is 1. The van der Waals surface area contributed by atoms with Gasteiger partial charge in [-0.3, -0.25) is 4.79 Å². The number of nitrogens with one attached hydrogen (secondary N) is 1. The second kappa shape index (κ2) is 6.47. The number of ether oxygens (including phenoxy) is 5. The lowest BCUT2D eigenvalue weighted by Crippen LogP contribution is -2.30. The van der Waals surface area contributed by atoms with Gasteiger partial charge in [-0.05, 0) is 37.3 Å². The Hall–Kier alpha value is -3.42. The van der Waals surface area contributed by atoms with Crippen molar-refractivity contribution in [3.63, 3.8) is 0 Å². The van der Waals surface area contributed by atoms with Crippen molar-refractivity contribution in [2.24, 2.45) is 0 Å². The molecule has 0 aromatic heterocycles. The summed E-state index contributed by atoms with van der Waals surface area (Å²) in [7, 11) is 0. The Morgan fingerprint density at radius 1 is 0.923 bits per heavy atom. The van der Waals surface area contributed by atoms with Crippen LogP contribution >= 0.6 is 0 Å². The first-order valence-electron chi connectivity index (χ1n) is 7.91. The van der Waals surface area contributed by atoms with Crippen molar-refractivity contribution < 1.29 is 33.3 Å². The maximum absolute atomic E-state index is 12.3. The second-order valence-corrected chi connectivity index (χ2v) is 5.67. The molecule has 2 aliphatic rings. The van der Waals surface area contributed by atoms with Gasteiger partial charge >= 0.3 is 5.97 Å². The van der Waals surface area contributed by atoms with Crippen molar-refractivity contribution >= 4 is 17.6 Å². The van der Waals surface area contributed by atoms with Crippen LogP contribution < -0.4 is 24.3 Å². The summed E-state index contributed by atoms with van der Waals surface area (Å²) >= 11 is 0. The van der Waals surface area contributed by atoms with E-state index in [0.717, 1.165) is 0 Å². The van der Waals surface area contributed by atoms with Crippen molar-refractivity contribution in [3.8, 4) is 23.0 Å². The number of rotatable bonds is 4. The van der Waals surface area contributed by atoms with Crippen LogP contribution in [-0.2, 0) is 9.53 Å². The molecule has 0 aliphatic carbocycles. The molecule has 0 spiro atoms. The van der Waals surface area contributed by atoms with E-state index in [-0.39, 0.29) is 19.1 Å². The zero-order chi connectivity index (χ0) is 18.1. The first kappa shape index (κ1) is 16.1. The third-order valence-electron chi connectivity index (χ3n) is 3.90. The van der Waals surface area contributed by atoms with Gasteiger partial charge in [-0.15, -0.1) is 0 Å². The maximum Gasteiger partial charge on any atom is 0.339 e. The Kier molecular flexibility index (Phi) is 4.00. The molecule has 0 unspecified atom stereocenters. The molecule has 1 atom stereocenters. The monoisotopic (exact) mass is 357 g/mol. The third-order valence-corrected chi connectivity index (χ3v) is 3.90. The van der Waals surface area contributed by atoms with Crippen LogP contribution in [0.15, 0.2) is 36.4 Å². The predicted molar refractivity (Wildman–Crippen MR) is 88.6 cm³/mol. The minimum Gasteiger partial charge on any atom is -0.454 e. The first-order valence-corrected chi connectivity index (χ1v) is 7.91. The van der Waals surface area contributed by atoms with E-state index in [2.05, 4.69) is 5.32 Å². The molecule has 134 valence electrons. The minimum atomic E-state index is -0.988. The SMILES string of the molecule is C[C@@H](OC(=O)c1ccc2c(c1)OCO2)C(=O)Nc1ccc2c(c1)OCO2. The minimum absolute atomic E-state index is 0.113. The molecule has 8 heteroatoms. The molecule has 2 aromatic rings. The van der Waals surface area contributed by atoms with Crippen LogP contribution in [0.2, 0.25) is 0 Å². The molecule has 0 saturated heterocycles. The number of fused-ring (bicyclic) bond motifs is 2. The number of carbonyl (C=O) groups excluding carboxylic acids is 2. The van der Waals surface area contributed by atoms with E-state index >= 15 is 0 Å². The molecule has 4 rings (SSSR count). The van der Waals surface area contributed by atoms with Crippen molar-refractivity contribution in [1.82, 2.24) is 0 Å². The Bertz CT molecular complexity index is 880. The molecule has 26 heavy (non-hydrogen) atoms. The molecule has 0 saturated carbocycles. The van der Waals surface area contributed by atoms with Gasteiger partial charge in [0.15, 0.2) is 29.1 Å². The smallest absolute Gasteiger partial charge is 0.339 e. The fraction of sp³-hybridized carbons (Fsp3) is 0.222. The van der Waals surface area contributed by atoms with E-state index in [9.17, 15) is 9.59 Å². The Morgan fingerprint density at radius 2 is 1.54 bits per heavy atom. The van der Waals surface area contributed by atoms with E-state index in [1.54, 1.807) is 30.3 Å². The first-order chi connectivity index (χ1) is 12.6. The summed E-state index contributed by atoms with van der Waals surface area (Å²) in [6, 6.07) is 9.72. The van der Waals surface area contributed by atoms with Gasteiger partial charge in [-0.25, -0.2) is 4.79 Å². The summed E-state index contributed by atoms with van der Waals surface area (Å²) in [6.45, 7) is 1.76. The highest BCUT2D eigenvalue weighted by atomic mass is 16.7. The zero-order valence-electron chi connectivity index (χ0n) is 13.8. The highest BCUT2D eigenvalue weighted by Gasteiger charge is 2.22. The third kappa shape index (κ3) is 3.08. The van der Waals surface area contributed by atoms with Crippen LogP contribution in [0.5, 0.6) is 23.0 Å². The van der Waals surface area contributed by atoms with Crippen LogP contribution in [0.1, 0.15) is 17.3 Å². The summed E-state index contributed by atoms with van der Waals surface area (Å²) in [6.07, 6.45) is -0.988. The molecule has 8 nitrogen and oxygen atoms in total. The maximum atomic E-state index is 12.3. The fourth-order valence-corrected chi connectivity index (χ4v) is 2.52. The van der Waals surface area contributed by atoms with Crippen LogP contribution in [0, 0.1) is 0 Å². The van der Waals surface area contributed by atoms with E-state index in [1.165, 1.54) is 13.0 Å². The zero-order valence-corrected chi connectivity index (χ0v) is 13.8. The van der Waals surface area contributed by atoms with Gasteiger partial charge in [0, 0.05) is 11.8 Å². The number of anilines is 1. The average Bonchev–Trinajstić information content (AvgIpc) is 3.29. The van der Waals surface area contributed by atoms with Crippen molar-refractivity contribution in [1.29, 1.82) is 0 Å². The van der Waals surface area contributed by atoms with Crippen LogP contribution in [-0.4, -0.2) is 31.6 Å². The summed E-state index contributed by atoms with van der Waals surface area (Å²) < 4.78 is 26.1. The summed E-state index contributed by atoms with van der Waals surface area (Å²) in [5.74, 6) is 1.11. The Balaban J connectivity index is 1.38. The molecule has 1 N–H and O–H groups in total. The van der Waals surface area contributed by atoms with Crippen molar-refractivity contribution in [3.05, 3.63) is 42.0 Å². The second-order valence-electron chi connectivity index (χ2n) is 5.67. The summed E-state index contributed by atoms with van der Waals surface area (Å²) in [5, 5.41) is 2.67. The quantitative estimate of drug-likeness (QED) is 0.840. The van der Waals surface area contributed by atoms with Gasteiger partial charge < -0.3 is 29.0 Å². The highest BCUT2D eigenvalue weighted by molar-refractivity contribution is 5.97. The molecular weight excluding hydrogens is 342 g/mol. The summed E-state index contributed by atoms with van der Waals surface area (Å²) in [4.78, 5) is 24.5. The average molecular weight is 357 g/mol. The van der Waals surface area contributed by atoms with Crippen LogP contribution in [0.3, 0.4) is 0 Å². The number of hydrogen-bond acceptors (Lipinski definition) is 7. The highest BCUT2D eigenvalue weighted by Crippen LogP contribution is 2.34. The topological polar surface area (TPSA) is 92.3 Å². The molecular formula is C18H15NO7. The van der Waals surface area contributed by atoms with E-state index < -0.39 is 18.0 Å². The number of carbonyl (C=O) groups is 2. The number of amides is 1. The van der Waals surface area contributed by atoms with Gasteiger partial charge in [0.1, 0.15) is 0 Å². The van der Waals surface area contributed by atoms with Crippen LogP contribution in [0.4, 0.5) is 5.69 Å².